The average molecular weight is 322 g/mol. The third-order valence-corrected chi connectivity index (χ3v) is 3.73. The summed E-state index contributed by atoms with van der Waals surface area (Å²) in [6, 6.07) is 15.1. The van der Waals surface area contributed by atoms with E-state index in [-0.39, 0.29) is 12.1 Å². The van der Waals surface area contributed by atoms with Gasteiger partial charge in [0.2, 0.25) is 0 Å². The van der Waals surface area contributed by atoms with Crippen LogP contribution in [0.25, 0.3) is 5.69 Å². The molecule has 2 aromatic carbocycles. The molecule has 1 atom stereocenters. The molecule has 122 valence electrons. The minimum absolute atomic E-state index is 0.0887. The van der Waals surface area contributed by atoms with Crippen LogP contribution in [0.4, 0.5) is 10.5 Å². The summed E-state index contributed by atoms with van der Waals surface area (Å²) in [5.41, 5.74) is 3.49. The van der Waals surface area contributed by atoms with Crippen LogP contribution in [0.5, 0.6) is 0 Å². The quantitative estimate of drug-likeness (QED) is 0.773. The molecule has 0 spiro atoms. The van der Waals surface area contributed by atoms with E-state index in [1.165, 1.54) is 11.0 Å². The first-order chi connectivity index (χ1) is 11.6. The predicted molar refractivity (Wildman–Crippen MR) is 90.9 cm³/mol. The number of amides is 2. The maximum atomic E-state index is 12.3. The summed E-state index contributed by atoms with van der Waals surface area (Å²) in [4.78, 5) is 12.3. The van der Waals surface area contributed by atoms with Crippen molar-refractivity contribution in [3.05, 3.63) is 66.0 Å². The number of nitrogens with one attached hydrogen (secondary N) is 2. The van der Waals surface area contributed by atoms with Crippen LogP contribution in [-0.4, -0.2) is 26.2 Å². The standard InChI is InChI=1S/C17H18N6O/c1-12-8-9-15(23-11-18-21-22-23)10-16(12)20-17(24)19-13(2)14-6-4-3-5-7-14/h3-11,13H,1-2H3,(H2,19,20,24). The third-order valence-electron chi connectivity index (χ3n) is 3.73. The summed E-state index contributed by atoms with van der Waals surface area (Å²) in [6.45, 7) is 3.87. The Morgan fingerprint density at radius 1 is 1.17 bits per heavy atom. The lowest BCUT2D eigenvalue weighted by molar-refractivity contribution is 0.249. The van der Waals surface area contributed by atoms with E-state index in [0.717, 1.165) is 16.8 Å². The molecule has 3 rings (SSSR count). The Bertz CT molecular complexity index is 816. The average Bonchev–Trinajstić information content (AvgIpc) is 3.12. The number of hydrogen-bond acceptors (Lipinski definition) is 4. The summed E-state index contributed by atoms with van der Waals surface area (Å²) in [5.74, 6) is 0. The van der Waals surface area contributed by atoms with Crippen molar-refractivity contribution < 1.29 is 4.79 Å². The molecule has 0 aliphatic carbocycles. The first kappa shape index (κ1) is 15.7. The Balaban J connectivity index is 1.71. The number of tetrazole rings is 1. The van der Waals surface area contributed by atoms with Crippen molar-refractivity contribution in [1.29, 1.82) is 0 Å². The summed E-state index contributed by atoms with van der Waals surface area (Å²) in [7, 11) is 0. The van der Waals surface area contributed by atoms with E-state index >= 15 is 0 Å². The third kappa shape index (κ3) is 3.57. The molecule has 24 heavy (non-hydrogen) atoms. The molecule has 0 radical (unpaired) electrons. The van der Waals surface area contributed by atoms with Gasteiger partial charge in [0.25, 0.3) is 0 Å². The molecule has 0 fully saturated rings. The van der Waals surface area contributed by atoms with Crippen LogP contribution in [0.1, 0.15) is 24.1 Å². The minimum atomic E-state index is -0.261. The molecular formula is C17H18N6O. The lowest BCUT2D eigenvalue weighted by Crippen LogP contribution is -2.31. The zero-order valence-electron chi connectivity index (χ0n) is 13.5. The topological polar surface area (TPSA) is 84.7 Å². The maximum Gasteiger partial charge on any atom is 0.319 e. The van der Waals surface area contributed by atoms with Crippen LogP contribution in [0.2, 0.25) is 0 Å². The molecular weight excluding hydrogens is 304 g/mol. The van der Waals surface area contributed by atoms with Gasteiger partial charge in [0.1, 0.15) is 6.33 Å². The Morgan fingerprint density at radius 2 is 1.96 bits per heavy atom. The van der Waals surface area contributed by atoms with Crippen LogP contribution in [0.3, 0.4) is 0 Å². The number of benzene rings is 2. The van der Waals surface area contributed by atoms with Crippen molar-refractivity contribution in [1.82, 2.24) is 25.5 Å². The highest BCUT2D eigenvalue weighted by Gasteiger charge is 2.11. The summed E-state index contributed by atoms with van der Waals surface area (Å²) in [6.07, 6.45) is 1.51. The van der Waals surface area contributed by atoms with Gasteiger partial charge in [-0.1, -0.05) is 36.4 Å². The van der Waals surface area contributed by atoms with Crippen LogP contribution in [-0.2, 0) is 0 Å². The monoisotopic (exact) mass is 322 g/mol. The van der Waals surface area contributed by atoms with E-state index in [4.69, 9.17) is 0 Å². The maximum absolute atomic E-state index is 12.3. The molecule has 7 nitrogen and oxygen atoms in total. The van der Waals surface area contributed by atoms with Crippen molar-refractivity contribution in [2.24, 2.45) is 0 Å². The lowest BCUT2D eigenvalue weighted by Gasteiger charge is -2.16. The Hall–Kier alpha value is -3.22. The fourth-order valence-electron chi connectivity index (χ4n) is 2.35. The van der Waals surface area contributed by atoms with Crippen molar-refractivity contribution >= 4 is 11.7 Å². The van der Waals surface area contributed by atoms with Gasteiger partial charge < -0.3 is 10.6 Å². The molecule has 1 heterocycles. The lowest BCUT2D eigenvalue weighted by atomic mass is 10.1. The fourth-order valence-corrected chi connectivity index (χ4v) is 2.35. The Morgan fingerprint density at radius 3 is 2.67 bits per heavy atom. The van der Waals surface area contributed by atoms with Crippen molar-refractivity contribution in [2.45, 2.75) is 19.9 Å². The molecule has 1 aromatic heterocycles. The van der Waals surface area contributed by atoms with Crippen LogP contribution >= 0.6 is 0 Å². The molecule has 2 N–H and O–H groups in total. The first-order valence-corrected chi connectivity index (χ1v) is 7.60. The smallest absolute Gasteiger partial charge is 0.319 e. The normalized spacial score (nSPS) is 11.8. The van der Waals surface area contributed by atoms with Crippen LogP contribution in [0, 0.1) is 6.92 Å². The van der Waals surface area contributed by atoms with Crippen molar-refractivity contribution in [3.63, 3.8) is 0 Å². The second kappa shape index (κ2) is 6.91. The first-order valence-electron chi connectivity index (χ1n) is 7.60. The van der Waals surface area contributed by atoms with Gasteiger partial charge in [0.15, 0.2) is 0 Å². The predicted octanol–water partition coefficient (Wildman–Crippen LogP) is 2.85. The molecule has 1 unspecified atom stereocenters. The second-order valence-corrected chi connectivity index (χ2v) is 5.48. The van der Waals surface area contributed by atoms with E-state index in [2.05, 4.69) is 26.2 Å². The highest BCUT2D eigenvalue weighted by molar-refractivity contribution is 5.90. The summed E-state index contributed by atoms with van der Waals surface area (Å²) >= 11 is 0. The molecule has 3 aromatic rings. The largest absolute Gasteiger partial charge is 0.331 e. The van der Waals surface area contributed by atoms with Gasteiger partial charge in [-0.3, -0.25) is 0 Å². The molecule has 0 saturated carbocycles. The fraction of sp³-hybridized carbons (Fsp3) is 0.176. The minimum Gasteiger partial charge on any atom is -0.331 e. The number of carbonyl (C=O) groups excluding carboxylic acids is 1. The van der Waals surface area contributed by atoms with E-state index in [0.29, 0.717) is 5.69 Å². The van der Waals surface area contributed by atoms with Gasteiger partial charge in [0, 0.05) is 5.69 Å². The van der Waals surface area contributed by atoms with Gasteiger partial charge in [-0.25, -0.2) is 9.48 Å². The molecule has 2 amide bonds. The molecule has 0 aliphatic rings. The van der Waals surface area contributed by atoms with Crippen molar-refractivity contribution in [2.75, 3.05) is 5.32 Å². The van der Waals surface area contributed by atoms with E-state index in [9.17, 15) is 4.79 Å². The molecule has 7 heteroatoms. The highest BCUT2D eigenvalue weighted by Crippen LogP contribution is 2.19. The van der Waals surface area contributed by atoms with E-state index in [1.54, 1.807) is 0 Å². The second-order valence-electron chi connectivity index (χ2n) is 5.48. The number of hydrogen-bond donors (Lipinski definition) is 2. The van der Waals surface area contributed by atoms with Gasteiger partial charge in [-0.15, -0.1) is 5.10 Å². The molecule has 0 bridgehead atoms. The van der Waals surface area contributed by atoms with Gasteiger partial charge >= 0.3 is 6.03 Å². The number of rotatable bonds is 4. The number of aromatic nitrogens is 4. The van der Waals surface area contributed by atoms with Gasteiger partial charge in [-0.05, 0) is 47.5 Å². The van der Waals surface area contributed by atoms with Gasteiger partial charge in [-0.2, -0.15) is 0 Å². The Labute approximate surface area is 139 Å². The Kier molecular flexibility index (Phi) is 4.51. The highest BCUT2D eigenvalue weighted by atomic mass is 16.2. The van der Waals surface area contributed by atoms with Crippen LogP contribution < -0.4 is 10.6 Å². The molecule has 0 saturated heterocycles. The van der Waals surface area contributed by atoms with Crippen molar-refractivity contribution in [3.8, 4) is 5.69 Å². The van der Waals surface area contributed by atoms with Gasteiger partial charge in [0.05, 0.1) is 11.7 Å². The number of carbonyl (C=O) groups is 1. The van der Waals surface area contributed by atoms with E-state index in [1.807, 2.05) is 62.4 Å². The number of aryl methyl sites for hydroxylation is 1. The molecule has 0 aliphatic heterocycles. The zero-order valence-corrected chi connectivity index (χ0v) is 13.5. The van der Waals surface area contributed by atoms with E-state index < -0.39 is 0 Å². The number of nitrogens with zero attached hydrogens (tertiary/aromatic N) is 4. The zero-order chi connectivity index (χ0) is 16.9. The number of anilines is 1. The SMILES string of the molecule is Cc1ccc(-n2cnnn2)cc1NC(=O)NC(C)c1ccccc1. The van der Waals surface area contributed by atoms with Crippen LogP contribution in [0.15, 0.2) is 54.9 Å². The summed E-state index contributed by atoms with van der Waals surface area (Å²) < 4.78 is 1.54. The summed E-state index contributed by atoms with van der Waals surface area (Å²) in [5, 5.41) is 16.9. The number of urea groups is 1.